The molecule has 0 aliphatic heterocycles. The van der Waals surface area contributed by atoms with E-state index in [1.165, 1.54) is 0 Å². The molecule has 0 unspecified atom stereocenters. The van der Waals surface area contributed by atoms with Crippen LogP contribution in [-0.2, 0) is 11.3 Å². The van der Waals surface area contributed by atoms with E-state index in [0.717, 1.165) is 16.9 Å². The first-order valence-corrected chi connectivity index (χ1v) is 7.06. The first-order chi connectivity index (χ1) is 10.7. The molecule has 2 aromatic carbocycles. The lowest BCUT2D eigenvalue weighted by Gasteiger charge is -2.07. The van der Waals surface area contributed by atoms with Crippen LogP contribution in [0.4, 0.5) is 0 Å². The molecule has 1 heterocycles. The summed E-state index contributed by atoms with van der Waals surface area (Å²) in [5, 5.41) is 4.24. The van der Waals surface area contributed by atoms with Gasteiger partial charge in [-0.2, -0.15) is 5.10 Å². The SMILES string of the molecule is Cc1ccnn1-c1ccc(C(=O)OCc2ccccc2)cc1. The molecule has 4 nitrogen and oxygen atoms in total. The highest BCUT2D eigenvalue weighted by Crippen LogP contribution is 2.12. The zero-order valence-corrected chi connectivity index (χ0v) is 12.3. The first kappa shape index (κ1) is 14.1. The predicted octanol–water partition coefficient (Wildman–Crippen LogP) is 3.54. The first-order valence-electron chi connectivity index (χ1n) is 7.06. The Balaban J connectivity index is 1.67. The van der Waals surface area contributed by atoms with E-state index in [-0.39, 0.29) is 12.6 Å². The third-order valence-electron chi connectivity index (χ3n) is 3.39. The van der Waals surface area contributed by atoms with Crippen LogP contribution in [0.5, 0.6) is 0 Å². The normalized spacial score (nSPS) is 10.4. The Bertz CT molecular complexity index is 761. The third-order valence-corrected chi connectivity index (χ3v) is 3.39. The second kappa shape index (κ2) is 6.26. The number of nitrogens with zero attached hydrogens (tertiary/aromatic N) is 2. The maximum atomic E-state index is 12.0. The number of aryl methyl sites for hydroxylation is 1. The molecule has 0 saturated heterocycles. The number of ether oxygens (including phenoxy) is 1. The van der Waals surface area contributed by atoms with Crippen molar-refractivity contribution in [2.45, 2.75) is 13.5 Å². The Morgan fingerprint density at radius 1 is 1.05 bits per heavy atom. The van der Waals surface area contributed by atoms with Crippen LogP contribution in [0.15, 0.2) is 66.9 Å². The van der Waals surface area contributed by atoms with Crippen LogP contribution in [-0.4, -0.2) is 15.7 Å². The van der Waals surface area contributed by atoms with Gasteiger partial charge in [0.1, 0.15) is 6.61 Å². The van der Waals surface area contributed by atoms with Crippen molar-refractivity contribution in [1.82, 2.24) is 9.78 Å². The fourth-order valence-electron chi connectivity index (χ4n) is 2.19. The van der Waals surface area contributed by atoms with Gasteiger partial charge in [-0.1, -0.05) is 30.3 Å². The average Bonchev–Trinajstić information content (AvgIpc) is 3.00. The number of carbonyl (C=O) groups excluding carboxylic acids is 1. The molecule has 0 fully saturated rings. The minimum Gasteiger partial charge on any atom is -0.457 e. The molecule has 3 aromatic rings. The summed E-state index contributed by atoms with van der Waals surface area (Å²) in [6.45, 7) is 2.26. The summed E-state index contributed by atoms with van der Waals surface area (Å²) >= 11 is 0. The van der Waals surface area contributed by atoms with Gasteiger partial charge in [0, 0.05) is 11.9 Å². The second-order valence-electron chi connectivity index (χ2n) is 4.99. The minimum atomic E-state index is -0.326. The number of benzene rings is 2. The number of esters is 1. The van der Waals surface area contributed by atoms with Crippen LogP contribution in [0.1, 0.15) is 21.6 Å². The van der Waals surface area contributed by atoms with Gasteiger partial charge in [0.05, 0.1) is 11.3 Å². The zero-order chi connectivity index (χ0) is 15.4. The Kier molecular flexibility index (Phi) is 4.01. The number of aromatic nitrogens is 2. The average molecular weight is 292 g/mol. The van der Waals surface area contributed by atoms with Crippen LogP contribution < -0.4 is 0 Å². The number of carbonyl (C=O) groups is 1. The molecule has 0 bridgehead atoms. The molecule has 0 spiro atoms. The highest BCUT2D eigenvalue weighted by molar-refractivity contribution is 5.89. The second-order valence-corrected chi connectivity index (χ2v) is 4.99. The van der Waals surface area contributed by atoms with Crippen molar-refractivity contribution >= 4 is 5.97 Å². The summed E-state index contributed by atoms with van der Waals surface area (Å²) in [6.07, 6.45) is 1.75. The zero-order valence-electron chi connectivity index (χ0n) is 12.3. The topological polar surface area (TPSA) is 44.1 Å². The lowest BCUT2D eigenvalue weighted by Crippen LogP contribution is -2.06. The Morgan fingerprint density at radius 2 is 1.77 bits per heavy atom. The summed E-state index contributed by atoms with van der Waals surface area (Å²) in [6, 6.07) is 18.8. The van der Waals surface area contributed by atoms with Crippen LogP contribution >= 0.6 is 0 Å². The Labute approximate surface area is 129 Å². The van der Waals surface area contributed by atoms with Crippen LogP contribution in [0, 0.1) is 6.92 Å². The van der Waals surface area contributed by atoms with E-state index in [9.17, 15) is 4.79 Å². The molecule has 0 saturated carbocycles. The minimum absolute atomic E-state index is 0.277. The fraction of sp³-hybridized carbons (Fsp3) is 0.111. The lowest BCUT2D eigenvalue weighted by molar-refractivity contribution is 0.0472. The molecule has 3 rings (SSSR count). The van der Waals surface area contributed by atoms with E-state index in [2.05, 4.69) is 5.10 Å². The lowest BCUT2D eigenvalue weighted by atomic mass is 10.2. The summed E-state index contributed by atoms with van der Waals surface area (Å²) in [5.74, 6) is -0.326. The van der Waals surface area contributed by atoms with Crippen molar-refractivity contribution in [3.05, 3.63) is 83.7 Å². The smallest absolute Gasteiger partial charge is 0.338 e. The number of hydrogen-bond acceptors (Lipinski definition) is 3. The maximum absolute atomic E-state index is 12.0. The van der Waals surface area contributed by atoms with Crippen molar-refractivity contribution in [2.75, 3.05) is 0 Å². The summed E-state index contributed by atoms with van der Waals surface area (Å²) in [4.78, 5) is 12.0. The molecular formula is C18H16N2O2. The monoisotopic (exact) mass is 292 g/mol. The molecule has 0 aliphatic rings. The van der Waals surface area contributed by atoms with Gasteiger partial charge in [0.2, 0.25) is 0 Å². The van der Waals surface area contributed by atoms with Gasteiger partial charge in [0.15, 0.2) is 0 Å². The third kappa shape index (κ3) is 3.06. The highest BCUT2D eigenvalue weighted by atomic mass is 16.5. The van der Waals surface area contributed by atoms with Crippen molar-refractivity contribution in [3.8, 4) is 5.69 Å². The van der Waals surface area contributed by atoms with Crippen molar-refractivity contribution in [3.63, 3.8) is 0 Å². The number of hydrogen-bond donors (Lipinski definition) is 0. The molecule has 22 heavy (non-hydrogen) atoms. The molecular weight excluding hydrogens is 276 g/mol. The largest absolute Gasteiger partial charge is 0.457 e. The molecule has 0 N–H and O–H groups in total. The van der Waals surface area contributed by atoms with Gasteiger partial charge in [-0.05, 0) is 42.8 Å². The molecule has 1 aromatic heterocycles. The van der Waals surface area contributed by atoms with E-state index >= 15 is 0 Å². The van der Waals surface area contributed by atoms with E-state index in [4.69, 9.17) is 4.74 Å². The van der Waals surface area contributed by atoms with Crippen molar-refractivity contribution < 1.29 is 9.53 Å². The summed E-state index contributed by atoms with van der Waals surface area (Å²) in [5.41, 5.74) is 3.46. The number of rotatable bonds is 4. The van der Waals surface area contributed by atoms with E-state index in [0.29, 0.717) is 5.56 Å². The van der Waals surface area contributed by atoms with Gasteiger partial charge in [-0.25, -0.2) is 9.48 Å². The van der Waals surface area contributed by atoms with Crippen LogP contribution in [0.2, 0.25) is 0 Å². The fourth-order valence-corrected chi connectivity index (χ4v) is 2.19. The van der Waals surface area contributed by atoms with Gasteiger partial charge in [-0.3, -0.25) is 0 Å². The molecule has 0 amide bonds. The Hall–Kier alpha value is -2.88. The Morgan fingerprint density at radius 3 is 2.41 bits per heavy atom. The maximum Gasteiger partial charge on any atom is 0.338 e. The quantitative estimate of drug-likeness (QED) is 0.691. The molecule has 0 radical (unpaired) electrons. The molecule has 4 heteroatoms. The highest BCUT2D eigenvalue weighted by Gasteiger charge is 2.08. The standard InChI is InChI=1S/C18H16N2O2/c1-14-11-12-19-20(14)17-9-7-16(8-10-17)18(21)22-13-15-5-3-2-4-6-15/h2-12H,13H2,1H3. The van der Waals surface area contributed by atoms with Crippen molar-refractivity contribution in [2.24, 2.45) is 0 Å². The van der Waals surface area contributed by atoms with Crippen LogP contribution in [0.3, 0.4) is 0 Å². The van der Waals surface area contributed by atoms with E-state index < -0.39 is 0 Å². The van der Waals surface area contributed by atoms with Gasteiger partial charge in [-0.15, -0.1) is 0 Å². The van der Waals surface area contributed by atoms with Gasteiger partial charge >= 0.3 is 5.97 Å². The predicted molar refractivity (Wildman–Crippen MR) is 83.9 cm³/mol. The van der Waals surface area contributed by atoms with Crippen LogP contribution in [0.25, 0.3) is 5.69 Å². The summed E-state index contributed by atoms with van der Waals surface area (Å²) < 4.78 is 7.13. The van der Waals surface area contributed by atoms with Gasteiger partial charge in [0.25, 0.3) is 0 Å². The molecule has 0 aliphatic carbocycles. The van der Waals surface area contributed by atoms with E-state index in [1.54, 1.807) is 18.3 Å². The van der Waals surface area contributed by atoms with Crippen molar-refractivity contribution in [1.29, 1.82) is 0 Å². The molecule has 110 valence electrons. The molecule has 0 atom stereocenters. The van der Waals surface area contributed by atoms with Gasteiger partial charge < -0.3 is 4.74 Å². The van der Waals surface area contributed by atoms with E-state index in [1.807, 2.05) is 60.1 Å². The summed E-state index contributed by atoms with van der Waals surface area (Å²) in [7, 11) is 0.